The number of allylic oxidation sites excluding steroid dienone is 4. The first-order valence-electron chi connectivity index (χ1n) is 6.58. The molecule has 17 heavy (non-hydrogen) atoms. The zero-order valence-corrected chi connectivity index (χ0v) is 10.5. The van der Waals surface area contributed by atoms with Crippen LogP contribution in [0.5, 0.6) is 0 Å². The van der Waals surface area contributed by atoms with Gasteiger partial charge in [-0.3, -0.25) is 5.26 Å². The van der Waals surface area contributed by atoms with Gasteiger partial charge in [0.2, 0.25) is 0 Å². The average molecular weight is 234 g/mol. The van der Waals surface area contributed by atoms with Gasteiger partial charge in [-0.05, 0) is 44.9 Å². The molecule has 0 aromatic carbocycles. The van der Waals surface area contributed by atoms with E-state index in [1.165, 1.54) is 12.8 Å². The minimum atomic E-state index is -0.542. The van der Waals surface area contributed by atoms with Gasteiger partial charge in [0.15, 0.2) is 0 Å². The predicted octanol–water partition coefficient (Wildman–Crippen LogP) is 4.11. The van der Waals surface area contributed by atoms with Crippen molar-refractivity contribution in [3.05, 3.63) is 36.5 Å². The molecule has 3 unspecified atom stereocenters. The molecule has 2 aliphatic carbocycles. The third-order valence-electron chi connectivity index (χ3n) is 3.95. The molecule has 0 bridgehead atoms. The van der Waals surface area contributed by atoms with Crippen molar-refractivity contribution < 1.29 is 10.1 Å². The Hall–Kier alpha value is -0.860. The lowest BCUT2D eigenvalue weighted by atomic mass is 9.80. The van der Waals surface area contributed by atoms with E-state index < -0.39 is 5.60 Å². The van der Waals surface area contributed by atoms with Crippen LogP contribution in [0, 0.1) is 11.8 Å². The van der Waals surface area contributed by atoms with Gasteiger partial charge in [-0.25, -0.2) is 4.89 Å². The van der Waals surface area contributed by atoms with Crippen molar-refractivity contribution in [3.63, 3.8) is 0 Å². The van der Waals surface area contributed by atoms with E-state index in [0.29, 0.717) is 5.92 Å². The third kappa shape index (κ3) is 3.08. The quantitative estimate of drug-likeness (QED) is 0.452. The van der Waals surface area contributed by atoms with Gasteiger partial charge >= 0.3 is 0 Å². The topological polar surface area (TPSA) is 29.5 Å². The number of hydrogen-bond acceptors (Lipinski definition) is 2. The van der Waals surface area contributed by atoms with Crippen LogP contribution in [-0.2, 0) is 4.89 Å². The molecule has 0 saturated heterocycles. The lowest BCUT2D eigenvalue weighted by Gasteiger charge is -2.33. The van der Waals surface area contributed by atoms with Crippen LogP contribution in [0.3, 0.4) is 0 Å². The largest absolute Gasteiger partial charge is 0.251 e. The highest BCUT2D eigenvalue weighted by Gasteiger charge is 2.33. The normalized spacial score (nSPS) is 37.8. The Morgan fingerprint density at radius 2 is 2.00 bits per heavy atom. The van der Waals surface area contributed by atoms with Crippen LogP contribution in [0.25, 0.3) is 0 Å². The Bertz CT molecular complexity index is 330. The molecule has 0 saturated carbocycles. The molecule has 0 spiro atoms. The second kappa shape index (κ2) is 5.65. The van der Waals surface area contributed by atoms with E-state index in [1.807, 2.05) is 13.0 Å². The van der Waals surface area contributed by atoms with Gasteiger partial charge < -0.3 is 0 Å². The smallest absolute Gasteiger partial charge is 0.125 e. The highest BCUT2D eigenvalue weighted by molar-refractivity contribution is 5.14. The molecule has 2 heteroatoms. The molecule has 0 aromatic rings. The first kappa shape index (κ1) is 12.6. The maximum atomic E-state index is 9.06. The Morgan fingerprint density at radius 3 is 2.71 bits per heavy atom. The van der Waals surface area contributed by atoms with E-state index in [1.54, 1.807) is 0 Å². The van der Waals surface area contributed by atoms with Gasteiger partial charge in [0.1, 0.15) is 5.60 Å². The summed E-state index contributed by atoms with van der Waals surface area (Å²) >= 11 is 0. The molecule has 94 valence electrons. The molecule has 0 amide bonds. The van der Waals surface area contributed by atoms with Crippen molar-refractivity contribution in [2.45, 2.75) is 44.6 Å². The van der Waals surface area contributed by atoms with E-state index in [0.717, 1.165) is 19.3 Å². The Kier molecular flexibility index (Phi) is 4.19. The molecule has 0 heterocycles. The van der Waals surface area contributed by atoms with Gasteiger partial charge in [-0.15, -0.1) is 0 Å². The highest BCUT2D eigenvalue weighted by atomic mass is 17.1. The van der Waals surface area contributed by atoms with E-state index in [-0.39, 0.29) is 5.92 Å². The van der Waals surface area contributed by atoms with Crippen LogP contribution in [-0.4, -0.2) is 10.9 Å². The number of hydrogen-bond donors (Lipinski definition) is 1. The SMILES string of the molecule is CC1(OO)C=CCCC1/C=C/C1CC=CCC1. The van der Waals surface area contributed by atoms with E-state index in [4.69, 9.17) is 5.26 Å². The van der Waals surface area contributed by atoms with Gasteiger partial charge in [0, 0.05) is 5.92 Å². The van der Waals surface area contributed by atoms with Crippen molar-refractivity contribution in [2.24, 2.45) is 11.8 Å². The molecule has 0 fully saturated rings. The molecule has 1 N–H and O–H groups in total. The van der Waals surface area contributed by atoms with Crippen molar-refractivity contribution in [2.75, 3.05) is 0 Å². The average Bonchev–Trinajstić information content (AvgIpc) is 2.39. The van der Waals surface area contributed by atoms with E-state index in [9.17, 15) is 0 Å². The van der Waals surface area contributed by atoms with Crippen LogP contribution >= 0.6 is 0 Å². The van der Waals surface area contributed by atoms with Crippen molar-refractivity contribution in [3.8, 4) is 0 Å². The van der Waals surface area contributed by atoms with Crippen molar-refractivity contribution in [1.29, 1.82) is 0 Å². The second-order valence-electron chi connectivity index (χ2n) is 5.29. The summed E-state index contributed by atoms with van der Waals surface area (Å²) in [7, 11) is 0. The zero-order chi connectivity index (χ0) is 12.1. The summed E-state index contributed by atoms with van der Waals surface area (Å²) in [6.07, 6.45) is 18.8. The molecule has 2 nitrogen and oxygen atoms in total. The van der Waals surface area contributed by atoms with Crippen LogP contribution < -0.4 is 0 Å². The van der Waals surface area contributed by atoms with Gasteiger partial charge in [-0.1, -0.05) is 36.5 Å². The van der Waals surface area contributed by atoms with E-state index >= 15 is 0 Å². The summed E-state index contributed by atoms with van der Waals surface area (Å²) in [4.78, 5) is 4.68. The fourth-order valence-electron chi connectivity index (χ4n) is 2.67. The van der Waals surface area contributed by atoms with Crippen LogP contribution in [0.15, 0.2) is 36.5 Å². The molecule has 3 atom stereocenters. The monoisotopic (exact) mass is 234 g/mol. The minimum Gasteiger partial charge on any atom is -0.251 e. The standard InChI is InChI=1S/C15H22O2/c1-15(17-16)12-6-5-9-14(15)11-10-13-7-3-2-4-8-13/h2-3,6,10-14,16H,4-5,7-9H2,1H3/b11-10+. The summed E-state index contributed by atoms with van der Waals surface area (Å²) < 4.78 is 0. The van der Waals surface area contributed by atoms with Gasteiger partial charge in [0.05, 0.1) is 0 Å². The molecular weight excluding hydrogens is 212 g/mol. The molecule has 0 radical (unpaired) electrons. The molecule has 0 aromatic heterocycles. The third-order valence-corrected chi connectivity index (χ3v) is 3.95. The molecular formula is C15H22O2. The zero-order valence-electron chi connectivity index (χ0n) is 10.5. The summed E-state index contributed by atoms with van der Waals surface area (Å²) in [5, 5.41) is 9.06. The Balaban J connectivity index is 1.99. The first-order valence-corrected chi connectivity index (χ1v) is 6.58. The number of rotatable bonds is 3. The Morgan fingerprint density at radius 1 is 1.18 bits per heavy atom. The first-order chi connectivity index (χ1) is 8.24. The summed E-state index contributed by atoms with van der Waals surface area (Å²) in [6, 6.07) is 0. The Labute approximate surface area is 104 Å². The molecule has 2 rings (SSSR count). The second-order valence-corrected chi connectivity index (χ2v) is 5.29. The molecule has 2 aliphatic rings. The van der Waals surface area contributed by atoms with Crippen LogP contribution in [0.2, 0.25) is 0 Å². The fraction of sp³-hybridized carbons (Fsp3) is 0.600. The lowest BCUT2D eigenvalue weighted by molar-refractivity contribution is -0.313. The summed E-state index contributed by atoms with van der Waals surface area (Å²) in [6.45, 7) is 1.94. The highest BCUT2D eigenvalue weighted by Crippen LogP contribution is 2.33. The minimum absolute atomic E-state index is 0.281. The van der Waals surface area contributed by atoms with Gasteiger partial charge in [-0.2, -0.15) is 0 Å². The van der Waals surface area contributed by atoms with Crippen molar-refractivity contribution in [1.82, 2.24) is 0 Å². The maximum Gasteiger partial charge on any atom is 0.125 e. The summed E-state index contributed by atoms with van der Waals surface area (Å²) in [5.74, 6) is 0.942. The van der Waals surface area contributed by atoms with E-state index in [2.05, 4.69) is 35.3 Å². The molecule has 0 aliphatic heterocycles. The lowest BCUT2D eigenvalue weighted by Crippen LogP contribution is -2.35. The maximum absolute atomic E-state index is 9.06. The van der Waals surface area contributed by atoms with Crippen molar-refractivity contribution >= 4 is 0 Å². The predicted molar refractivity (Wildman–Crippen MR) is 69.6 cm³/mol. The van der Waals surface area contributed by atoms with Crippen LogP contribution in [0.1, 0.15) is 39.0 Å². The fourth-order valence-corrected chi connectivity index (χ4v) is 2.67. The van der Waals surface area contributed by atoms with Gasteiger partial charge in [0.25, 0.3) is 0 Å². The van der Waals surface area contributed by atoms with Crippen LogP contribution in [0.4, 0.5) is 0 Å². The summed E-state index contributed by atoms with van der Waals surface area (Å²) in [5.41, 5.74) is -0.542.